The Morgan fingerprint density at radius 3 is 2.75 bits per heavy atom. The van der Waals surface area contributed by atoms with Crippen LogP contribution in [-0.2, 0) is 4.79 Å². The highest BCUT2D eigenvalue weighted by molar-refractivity contribution is 6.31. The molecular formula is C15H15ClN2O2. The van der Waals surface area contributed by atoms with E-state index in [0.29, 0.717) is 17.9 Å². The van der Waals surface area contributed by atoms with E-state index in [-0.39, 0.29) is 0 Å². The summed E-state index contributed by atoms with van der Waals surface area (Å²) in [6.45, 7) is 0. The van der Waals surface area contributed by atoms with E-state index in [9.17, 15) is 9.90 Å². The van der Waals surface area contributed by atoms with Crippen molar-refractivity contribution in [2.45, 2.75) is 31.2 Å². The number of hydrogen-bond acceptors (Lipinski definition) is 3. The zero-order chi connectivity index (χ0) is 14.2. The molecule has 0 spiro atoms. The van der Waals surface area contributed by atoms with Crippen molar-refractivity contribution in [1.82, 2.24) is 4.98 Å². The predicted molar refractivity (Wildman–Crippen MR) is 79.2 cm³/mol. The number of carboxylic acid groups (broad SMARTS) is 1. The Morgan fingerprint density at radius 1 is 1.30 bits per heavy atom. The maximum atomic E-state index is 11.6. The van der Waals surface area contributed by atoms with Crippen LogP contribution in [0.5, 0.6) is 0 Å². The Bertz CT molecular complexity index is 666. The van der Waals surface area contributed by atoms with Crippen LogP contribution in [0.1, 0.15) is 25.7 Å². The fourth-order valence-corrected chi connectivity index (χ4v) is 3.03. The molecule has 0 saturated heterocycles. The summed E-state index contributed by atoms with van der Waals surface area (Å²) in [5.74, 6) is -0.783. The lowest BCUT2D eigenvalue weighted by molar-refractivity contribution is -0.142. The Kier molecular flexibility index (Phi) is 3.26. The van der Waals surface area contributed by atoms with Crippen molar-refractivity contribution >= 4 is 34.2 Å². The number of carboxylic acids is 1. The van der Waals surface area contributed by atoms with Gasteiger partial charge >= 0.3 is 5.97 Å². The summed E-state index contributed by atoms with van der Waals surface area (Å²) in [4.78, 5) is 15.9. The van der Waals surface area contributed by atoms with Crippen molar-refractivity contribution in [3.05, 3.63) is 35.5 Å². The number of aliphatic carboxylic acids is 1. The van der Waals surface area contributed by atoms with Crippen molar-refractivity contribution in [1.29, 1.82) is 0 Å². The Balaban J connectivity index is 2.04. The van der Waals surface area contributed by atoms with Crippen molar-refractivity contribution in [3.8, 4) is 0 Å². The van der Waals surface area contributed by atoms with Gasteiger partial charge in [0.15, 0.2) is 0 Å². The second-order valence-corrected chi connectivity index (χ2v) is 5.68. The Labute approximate surface area is 121 Å². The van der Waals surface area contributed by atoms with E-state index in [1.54, 1.807) is 18.3 Å². The number of pyridine rings is 1. The van der Waals surface area contributed by atoms with Crippen LogP contribution in [0.4, 0.5) is 5.69 Å². The molecule has 2 N–H and O–H groups in total. The van der Waals surface area contributed by atoms with Crippen molar-refractivity contribution in [2.24, 2.45) is 0 Å². The number of carbonyl (C=O) groups is 1. The van der Waals surface area contributed by atoms with Crippen LogP contribution >= 0.6 is 11.6 Å². The van der Waals surface area contributed by atoms with E-state index in [2.05, 4.69) is 10.3 Å². The van der Waals surface area contributed by atoms with Crippen LogP contribution in [-0.4, -0.2) is 21.6 Å². The zero-order valence-corrected chi connectivity index (χ0v) is 11.7. The van der Waals surface area contributed by atoms with E-state index < -0.39 is 11.5 Å². The first-order valence-corrected chi connectivity index (χ1v) is 7.04. The largest absolute Gasteiger partial charge is 0.480 e. The van der Waals surface area contributed by atoms with Gasteiger partial charge in [-0.1, -0.05) is 24.4 Å². The van der Waals surface area contributed by atoms with Crippen LogP contribution in [0.3, 0.4) is 0 Å². The highest BCUT2D eigenvalue weighted by atomic mass is 35.5. The highest BCUT2D eigenvalue weighted by Crippen LogP contribution is 2.35. The molecule has 1 aliphatic carbocycles. The van der Waals surface area contributed by atoms with Crippen molar-refractivity contribution in [3.63, 3.8) is 0 Å². The van der Waals surface area contributed by atoms with Crippen molar-refractivity contribution < 1.29 is 9.90 Å². The molecule has 3 rings (SSSR count). The average Bonchev–Trinajstić information content (AvgIpc) is 2.88. The van der Waals surface area contributed by atoms with Crippen LogP contribution in [0.2, 0.25) is 5.02 Å². The number of benzene rings is 1. The molecule has 0 bridgehead atoms. The number of aromatic nitrogens is 1. The van der Waals surface area contributed by atoms with Crippen LogP contribution in [0.25, 0.3) is 10.9 Å². The molecule has 20 heavy (non-hydrogen) atoms. The lowest BCUT2D eigenvalue weighted by atomic mass is 9.97. The van der Waals surface area contributed by atoms with Gasteiger partial charge < -0.3 is 10.4 Å². The summed E-state index contributed by atoms with van der Waals surface area (Å²) < 4.78 is 0. The zero-order valence-electron chi connectivity index (χ0n) is 10.9. The minimum Gasteiger partial charge on any atom is -0.480 e. The van der Waals surface area contributed by atoms with Gasteiger partial charge in [0.1, 0.15) is 5.54 Å². The number of halogens is 1. The maximum absolute atomic E-state index is 11.6. The monoisotopic (exact) mass is 290 g/mol. The quantitative estimate of drug-likeness (QED) is 0.905. The predicted octanol–water partition coefficient (Wildman–Crippen LogP) is 3.70. The van der Waals surface area contributed by atoms with Crippen LogP contribution in [0.15, 0.2) is 30.5 Å². The second-order valence-electron chi connectivity index (χ2n) is 5.24. The van der Waals surface area contributed by atoms with Gasteiger partial charge in [-0.2, -0.15) is 0 Å². The summed E-state index contributed by atoms with van der Waals surface area (Å²) in [6, 6.07) is 7.26. The molecule has 2 aromatic rings. The summed E-state index contributed by atoms with van der Waals surface area (Å²) in [7, 11) is 0. The molecular weight excluding hydrogens is 276 g/mol. The lowest BCUT2D eigenvalue weighted by Gasteiger charge is -2.27. The van der Waals surface area contributed by atoms with Gasteiger partial charge in [0.2, 0.25) is 0 Å². The molecule has 5 heteroatoms. The molecule has 1 fully saturated rings. The van der Waals surface area contributed by atoms with Gasteiger partial charge in [0, 0.05) is 22.3 Å². The molecule has 4 nitrogen and oxygen atoms in total. The molecule has 1 aromatic carbocycles. The minimum atomic E-state index is -0.853. The third-order valence-electron chi connectivity index (χ3n) is 3.95. The number of hydrogen-bond donors (Lipinski definition) is 2. The number of nitrogens with one attached hydrogen (secondary N) is 1. The third-order valence-corrected chi connectivity index (χ3v) is 4.18. The first-order valence-electron chi connectivity index (χ1n) is 6.67. The van der Waals surface area contributed by atoms with Gasteiger partial charge in [0.05, 0.1) is 5.52 Å². The molecule has 0 unspecified atom stereocenters. The SMILES string of the molecule is O=C(O)C1(Nc2ccnc3cc(Cl)ccc23)CCCC1. The van der Waals surface area contributed by atoms with Crippen molar-refractivity contribution in [2.75, 3.05) is 5.32 Å². The first kappa shape index (κ1) is 13.2. The fourth-order valence-electron chi connectivity index (χ4n) is 2.86. The van der Waals surface area contributed by atoms with Gasteiger partial charge in [-0.05, 0) is 37.1 Å². The summed E-state index contributed by atoms with van der Waals surface area (Å²) >= 11 is 5.96. The van der Waals surface area contributed by atoms with E-state index in [4.69, 9.17) is 11.6 Å². The molecule has 1 aliphatic rings. The van der Waals surface area contributed by atoms with Gasteiger partial charge in [-0.25, -0.2) is 4.79 Å². The second kappa shape index (κ2) is 4.94. The molecule has 0 radical (unpaired) electrons. The topological polar surface area (TPSA) is 62.2 Å². The third kappa shape index (κ3) is 2.20. The van der Waals surface area contributed by atoms with Gasteiger partial charge in [-0.3, -0.25) is 4.98 Å². The minimum absolute atomic E-state index is 0.621. The maximum Gasteiger partial charge on any atom is 0.329 e. The van der Waals surface area contributed by atoms with Gasteiger partial charge in [0.25, 0.3) is 0 Å². The van der Waals surface area contributed by atoms with Crippen LogP contribution in [0, 0.1) is 0 Å². The smallest absolute Gasteiger partial charge is 0.329 e. The standard InChI is InChI=1S/C15H15ClN2O2/c16-10-3-4-11-12(5-8-17-13(11)9-10)18-15(14(19)20)6-1-2-7-15/h3-5,8-9H,1-2,6-7H2,(H,17,18)(H,19,20). The first-order chi connectivity index (χ1) is 9.61. The Morgan fingerprint density at radius 2 is 2.05 bits per heavy atom. The molecule has 1 saturated carbocycles. The van der Waals surface area contributed by atoms with E-state index >= 15 is 0 Å². The van der Waals surface area contributed by atoms with E-state index in [1.807, 2.05) is 12.1 Å². The molecule has 104 valence electrons. The molecule has 0 atom stereocenters. The molecule has 0 amide bonds. The average molecular weight is 291 g/mol. The summed E-state index contributed by atoms with van der Waals surface area (Å²) in [5.41, 5.74) is 0.713. The highest BCUT2D eigenvalue weighted by Gasteiger charge is 2.41. The molecule has 1 aromatic heterocycles. The lowest BCUT2D eigenvalue weighted by Crippen LogP contribution is -2.43. The number of anilines is 1. The van der Waals surface area contributed by atoms with Crippen LogP contribution < -0.4 is 5.32 Å². The van der Waals surface area contributed by atoms with E-state index in [0.717, 1.165) is 29.4 Å². The van der Waals surface area contributed by atoms with Gasteiger partial charge in [-0.15, -0.1) is 0 Å². The fraction of sp³-hybridized carbons (Fsp3) is 0.333. The summed E-state index contributed by atoms with van der Waals surface area (Å²) in [5, 5.41) is 14.3. The normalized spacial score (nSPS) is 17.2. The van der Waals surface area contributed by atoms with E-state index in [1.165, 1.54) is 0 Å². The number of nitrogens with zero attached hydrogens (tertiary/aromatic N) is 1. The number of fused-ring (bicyclic) bond motifs is 1. The number of rotatable bonds is 3. The summed E-state index contributed by atoms with van der Waals surface area (Å²) in [6.07, 6.45) is 4.85. The Hall–Kier alpha value is -1.81. The molecule has 1 heterocycles. The molecule has 0 aliphatic heterocycles.